The van der Waals surface area contributed by atoms with Crippen molar-refractivity contribution in [1.29, 1.82) is 0 Å². The lowest BCUT2D eigenvalue weighted by Crippen LogP contribution is -1.74. The maximum atomic E-state index is 4.48. The van der Waals surface area contributed by atoms with Crippen molar-refractivity contribution in [2.75, 3.05) is 0 Å². The summed E-state index contributed by atoms with van der Waals surface area (Å²) < 4.78 is 1.34. The molecule has 2 rings (SSSR count). The first-order valence-electron chi connectivity index (χ1n) is 3.87. The molecule has 2 aromatic rings. The summed E-state index contributed by atoms with van der Waals surface area (Å²) >= 11 is 6.31. The van der Waals surface area contributed by atoms with Gasteiger partial charge in [0.05, 0.1) is 0 Å². The predicted octanol–water partition coefficient (Wildman–Crippen LogP) is 3.81. The monoisotopic (exact) mass is 194 g/mol. The summed E-state index contributed by atoms with van der Waals surface area (Å²) in [6.07, 6.45) is 0. The molecule has 62 valence electrons. The summed E-state index contributed by atoms with van der Waals surface area (Å²) in [6, 6.07) is 6.50. The van der Waals surface area contributed by atoms with Crippen molar-refractivity contribution < 1.29 is 0 Å². The van der Waals surface area contributed by atoms with Gasteiger partial charge >= 0.3 is 0 Å². The summed E-state index contributed by atoms with van der Waals surface area (Å²) in [5.41, 5.74) is 1.25. The standard InChI is InChI=1S/C10H10S2/c1-6-3-4-9-8(10(6)11)5-7(2)12-9/h3-5,11H,1-2H3. The summed E-state index contributed by atoms with van der Waals surface area (Å²) in [5.74, 6) is 0. The van der Waals surface area contributed by atoms with Crippen molar-refractivity contribution in [2.45, 2.75) is 18.7 Å². The third kappa shape index (κ3) is 1.15. The molecule has 0 saturated heterocycles. The van der Waals surface area contributed by atoms with Crippen molar-refractivity contribution in [3.8, 4) is 0 Å². The maximum absolute atomic E-state index is 4.48. The first-order chi connectivity index (χ1) is 5.68. The quantitative estimate of drug-likeness (QED) is 0.606. The normalized spacial score (nSPS) is 10.9. The van der Waals surface area contributed by atoms with Crippen LogP contribution in [-0.4, -0.2) is 0 Å². The van der Waals surface area contributed by atoms with Gasteiger partial charge in [-0.15, -0.1) is 24.0 Å². The second-order valence-electron chi connectivity index (χ2n) is 3.00. The van der Waals surface area contributed by atoms with Gasteiger partial charge in [0.1, 0.15) is 0 Å². The van der Waals surface area contributed by atoms with E-state index in [1.807, 2.05) is 11.3 Å². The number of rotatable bonds is 0. The molecule has 0 spiro atoms. The van der Waals surface area contributed by atoms with E-state index in [1.54, 1.807) is 0 Å². The van der Waals surface area contributed by atoms with E-state index in [-0.39, 0.29) is 0 Å². The Balaban J connectivity index is 2.89. The van der Waals surface area contributed by atoms with Crippen LogP contribution in [0.1, 0.15) is 10.4 Å². The number of thiol groups is 1. The van der Waals surface area contributed by atoms with Gasteiger partial charge in [0.25, 0.3) is 0 Å². The molecule has 0 atom stereocenters. The Labute approximate surface area is 81.6 Å². The number of hydrogen-bond acceptors (Lipinski definition) is 2. The van der Waals surface area contributed by atoms with E-state index in [1.165, 1.54) is 20.5 Å². The second-order valence-corrected chi connectivity index (χ2v) is 4.74. The Kier molecular flexibility index (Phi) is 1.89. The van der Waals surface area contributed by atoms with Crippen molar-refractivity contribution in [3.05, 3.63) is 28.6 Å². The minimum Gasteiger partial charge on any atom is -0.142 e. The van der Waals surface area contributed by atoms with Gasteiger partial charge in [0.2, 0.25) is 0 Å². The molecule has 12 heavy (non-hydrogen) atoms. The zero-order chi connectivity index (χ0) is 8.72. The molecule has 0 aliphatic rings. The average Bonchev–Trinajstić information content (AvgIpc) is 2.39. The summed E-state index contributed by atoms with van der Waals surface area (Å²) in [4.78, 5) is 2.47. The molecule has 1 heterocycles. The zero-order valence-corrected chi connectivity index (χ0v) is 8.80. The van der Waals surface area contributed by atoms with E-state index in [0.29, 0.717) is 0 Å². The first-order valence-corrected chi connectivity index (χ1v) is 5.13. The highest BCUT2D eigenvalue weighted by Gasteiger charge is 2.03. The molecule has 1 aromatic carbocycles. The highest BCUT2D eigenvalue weighted by atomic mass is 32.1. The van der Waals surface area contributed by atoms with Gasteiger partial charge in [0.15, 0.2) is 0 Å². The van der Waals surface area contributed by atoms with Gasteiger partial charge in [0, 0.05) is 19.9 Å². The number of hydrogen-bond donors (Lipinski definition) is 1. The molecular weight excluding hydrogens is 184 g/mol. The van der Waals surface area contributed by atoms with E-state index in [0.717, 1.165) is 4.90 Å². The topological polar surface area (TPSA) is 0 Å². The van der Waals surface area contributed by atoms with Gasteiger partial charge < -0.3 is 0 Å². The Morgan fingerprint density at radius 3 is 2.75 bits per heavy atom. The van der Waals surface area contributed by atoms with Gasteiger partial charge in [-0.25, -0.2) is 0 Å². The van der Waals surface area contributed by atoms with E-state index >= 15 is 0 Å². The molecule has 0 aliphatic carbocycles. The van der Waals surface area contributed by atoms with Gasteiger partial charge in [-0.05, 0) is 31.5 Å². The first kappa shape index (κ1) is 8.14. The van der Waals surface area contributed by atoms with Gasteiger partial charge in [-0.2, -0.15) is 0 Å². The molecule has 0 unspecified atom stereocenters. The number of benzene rings is 1. The van der Waals surface area contributed by atoms with Crippen LogP contribution in [-0.2, 0) is 0 Å². The Morgan fingerprint density at radius 2 is 2.00 bits per heavy atom. The number of thiophene rings is 1. The molecular formula is C10H10S2. The van der Waals surface area contributed by atoms with Crippen LogP contribution in [0.4, 0.5) is 0 Å². The lowest BCUT2D eigenvalue weighted by Gasteiger charge is -1.98. The molecule has 1 aromatic heterocycles. The third-order valence-corrected chi connectivity index (χ3v) is 3.61. The Morgan fingerprint density at radius 1 is 1.25 bits per heavy atom. The minimum atomic E-state index is 1.12. The largest absolute Gasteiger partial charge is 0.142 e. The summed E-state index contributed by atoms with van der Waals surface area (Å²) in [5, 5.41) is 1.29. The number of aryl methyl sites for hydroxylation is 2. The molecule has 0 N–H and O–H groups in total. The molecule has 0 radical (unpaired) electrons. The molecule has 0 bridgehead atoms. The minimum absolute atomic E-state index is 1.12. The van der Waals surface area contributed by atoms with Crippen LogP contribution in [0, 0.1) is 13.8 Å². The smallest absolute Gasteiger partial charge is 0.0356 e. The van der Waals surface area contributed by atoms with Crippen LogP contribution in [0.2, 0.25) is 0 Å². The Hall–Kier alpha value is -0.470. The summed E-state index contributed by atoms with van der Waals surface area (Å²) in [7, 11) is 0. The molecule has 0 saturated carbocycles. The lowest BCUT2D eigenvalue weighted by atomic mass is 10.2. The third-order valence-electron chi connectivity index (χ3n) is 2.00. The predicted molar refractivity (Wildman–Crippen MR) is 58.6 cm³/mol. The second kappa shape index (κ2) is 2.79. The molecule has 0 amide bonds. The van der Waals surface area contributed by atoms with Crippen LogP contribution in [0.15, 0.2) is 23.1 Å². The van der Waals surface area contributed by atoms with Gasteiger partial charge in [-0.1, -0.05) is 6.07 Å². The SMILES string of the molecule is Cc1cc2c(S)c(C)ccc2s1. The molecule has 2 heteroatoms. The highest BCUT2D eigenvalue weighted by molar-refractivity contribution is 7.80. The van der Waals surface area contributed by atoms with Crippen molar-refractivity contribution in [3.63, 3.8) is 0 Å². The van der Waals surface area contributed by atoms with E-state index in [4.69, 9.17) is 0 Å². The molecule has 0 nitrogen and oxygen atoms in total. The average molecular weight is 194 g/mol. The highest BCUT2D eigenvalue weighted by Crippen LogP contribution is 2.31. The van der Waals surface area contributed by atoms with E-state index in [2.05, 4.69) is 44.7 Å². The summed E-state index contributed by atoms with van der Waals surface area (Å²) in [6.45, 7) is 4.22. The van der Waals surface area contributed by atoms with Crippen LogP contribution in [0.5, 0.6) is 0 Å². The van der Waals surface area contributed by atoms with E-state index in [9.17, 15) is 0 Å². The van der Waals surface area contributed by atoms with Crippen LogP contribution in [0.3, 0.4) is 0 Å². The van der Waals surface area contributed by atoms with Gasteiger partial charge in [-0.3, -0.25) is 0 Å². The lowest BCUT2D eigenvalue weighted by molar-refractivity contribution is 1.37. The molecule has 0 fully saturated rings. The van der Waals surface area contributed by atoms with Crippen molar-refractivity contribution in [1.82, 2.24) is 0 Å². The fraction of sp³-hybridized carbons (Fsp3) is 0.200. The fourth-order valence-corrected chi connectivity index (χ4v) is 2.60. The van der Waals surface area contributed by atoms with Crippen LogP contribution in [0.25, 0.3) is 10.1 Å². The zero-order valence-electron chi connectivity index (χ0n) is 7.09. The Bertz CT molecular complexity index is 427. The van der Waals surface area contributed by atoms with Crippen LogP contribution >= 0.6 is 24.0 Å². The van der Waals surface area contributed by atoms with Crippen molar-refractivity contribution >= 4 is 34.1 Å². The number of fused-ring (bicyclic) bond motifs is 1. The van der Waals surface area contributed by atoms with Crippen molar-refractivity contribution in [2.24, 2.45) is 0 Å². The fourth-order valence-electron chi connectivity index (χ4n) is 1.33. The van der Waals surface area contributed by atoms with Crippen LogP contribution < -0.4 is 0 Å². The maximum Gasteiger partial charge on any atom is 0.0356 e. The van der Waals surface area contributed by atoms with E-state index < -0.39 is 0 Å². The molecule has 0 aliphatic heterocycles.